The Balaban J connectivity index is 0.949. The van der Waals surface area contributed by atoms with Gasteiger partial charge < -0.3 is 4.74 Å². The number of para-hydroxylation sites is 2. The van der Waals surface area contributed by atoms with Crippen molar-refractivity contribution >= 4 is 10.8 Å². The number of ether oxygens (including phenoxy) is 1. The van der Waals surface area contributed by atoms with Crippen LogP contribution in [0.1, 0.15) is 22.3 Å². The van der Waals surface area contributed by atoms with Gasteiger partial charge in [0.1, 0.15) is 11.5 Å². The normalized spacial score (nSPS) is 12.9. The van der Waals surface area contributed by atoms with Crippen molar-refractivity contribution in [3.8, 4) is 79.0 Å². The van der Waals surface area contributed by atoms with Crippen molar-refractivity contribution in [2.24, 2.45) is 0 Å². The van der Waals surface area contributed by atoms with Crippen LogP contribution >= 0.6 is 0 Å². The van der Waals surface area contributed by atoms with Crippen LogP contribution in [-0.2, 0) is 5.41 Å². The molecule has 0 amide bonds. The van der Waals surface area contributed by atoms with Crippen LogP contribution in [0.25, 0.3) is 78.3 Å². The largest absolute Gasteiger partial charge is 0.457 e. The number of aromatic nitrogens is 3. The fourth-order valence-electron chi connectivity index (χ4n) is 9.39. The summed E-state index contributed by atoms with van der Waals surface area (Å²) in [6.45, 7) is 0. The second-order valence-electron chi connectivity index (χ2n) is 15.5. The number of hydrogen-bond donors (Lipinski definition) is 0. The zero-order valence-electron chi connectivity index (χ0n) is 32.5. The summed E-state index contributed by atoms with van der Waals surface area (Å²) in [5.74, 6) is 3.71. The monoisotopic (exact) mass is 765 g/mol. The van der Waals surface area contributed by atoms with Crippen LogP contribution in [0, 0.1) is 0 Å². The molecule has 4 heteroatoms. The molecule has 0 N–H and O–H groups in total. The summed E-state index contributed by atoms with van der Waals surface area (Å²) in [7, 11) is 0. The fourth-order valence-corrected chi connectivity index (χ4v) is 9.39. The Morgan fingerprint density at radius 2 is 0.700 bits per heavy atom. The minimum atomic E-state index is -0.509. The molecule has 2 heterocycles. The molecule has 1 aliphatic carbocycles. The summed E-state index contributed by atoms with van der Waals surface area (Å²) in [6.07, 6.45) is 0. The number of rotatable bonds is 5. The van der Waals surface area contributed by atoms with Crippen molar-refractivity contribution in [2.75, 3.05) is 0 Å². The minimum absolute atomic E-state index is 0.509. The molecule has 12 rings (SSSR count). The van der Waals surface area contributed by atoms with E-state index in [9.17, 15) is 0 Å². The van der Waals surface area contributed by atoms with Gasteiger partial charge in [-0.25, -0.2) is 15.0 Å². The lowest BCUT2D eigenvalue weighted by Crippen LogP contribution is -2.32. The molecule has 280 valence electrons. The zero-order chi connectivity index (χ0) is 39.6. The number of fused-ring (bicyclic) bond motifs is 10. The van der Waals surface area contributed by atoms with E-state index in [0.29, 0.717) is 17.5 Å². The van der Waals surface area contributed by atoms with Gasteiger partial charge in [-0.3, -0.25) is 0 Å². The van der Waals surface area contributed by atoms with Crippen molar-refractivity contribution in [1.82, 2.24) is 15.0 Å². The Morgan fingerprint density at radius 3 is 1.37 bits per heavy atom. The predicted octanol–water partition coefficient (Wildman–Crippen LogP) is 13.8. The van der Waals surface area contributed by atoms with E-state index >= 15 is 0 Å². The highest BCUT2D eigenvalue weighted by atomic mass is 16.5. The molecule has 0 saturated carbocycles. The Morgan fingerprint density at radius 1 is 0.283 bits per heavy atom. The maximum atomic E-state index is 6.56. The molecule has 0 bridgehead atoms. The van der Waals surface area contributed by atoms with Crippen LogP contribution in [0.15, 0.2) is 212 Å². The third-order valence-corrected chi connectivity index (χ3v) is 12.2. The van der Waals surface area contributed by atoms with Gasteiger partial charge in [-0.05, 0) is 85.6 Å². The molecule has 1 spiro atoms. The average Bonchev–Trinajstić information content (AvgIpc) is 3.61. The van der Waals surface area contributed by atoms with Crippen molar-refractivity contribution in [2.45, 2.75) is 5.41 Å². The molecule has 10 aromatic rings. The molecule has 0 unspecified atom stereocenters. The van der Waals surface area contributed by atoms with E-state index in [0.717, 1.165) is 50.1 Å². The summed E-state index contributed by atoms with van der Waals surface area (Å²) < 4.78 is 6.56. The van der Waals surface area contributed by atoms with Gasteiger partial charge in [0.25, 0.3) is 0 Å². The topological polar surface area (TPSA) is 47.9 Å². The fraction of sp³-hybridized carbons (Fsp3) is 0.0179. The van der Waals surface area contributed by atoms with E-state index in [1.807, 2.05) is 36.4 Å². The van der Waals surface area contributed by atoms with Crippen LogP contribution in [0.2, 0.25) is 0 Å². The SMILES string of the molecule is c1ccc(-c2ccc(-c3nc(-c4ccccc4)nc(-c4ccc5cc(-c6ccc7c(c6)C6(c8ccccc8Oc8ccccc86)c6ccccc6-7)ccc5c4)n3)cc2)cc1. The molecule has 2 aliphatic rings. The van der Waals surface area contributed by atoms with E-state index in [1.54, 1.807) is 0 Å². The molecular formula is C56H35N3O. The summed E-state index contributed by atoms with van der Waals surface area (Å²) in [5, 5.41) is 2.26. The van der Waals surface area contributed by atoms with Crippen molar-refractivity contribution in [1.29, 1.82) is 0 Å². The molecule has 9 aromatic carbocycles. The van der Waals surface area contributed by atoms with Crippen molar-refractivity contribution < 1.29 is 4.74 Å². The molecular weight excluding hydrogens is 731 g/mol. The Bertz CT molecular complexity index is 3240. The second-order valence-corrected chi connectivity index (χ2v) is 15.5. The third kappa shape index (κ3) is 5.35. The lowest BCUT2D eigenvalue weighted by atomic mass is 9.66. The minimum Gasteiger partial charge on any atom is -0.457 e. The van der Waals surface area contributed by atoms with Gasteiger partial charge in [-0.1, -0.05) is 182 Å². The van der Waals surface area contributed by atoms with Gasteiger partial charge in [0.15, 0.2) is 17.5 Å². The average molecular weight is 766 g/mol. The highest BCUT2D eigenvalue weighted by Crippen LogP contribution is 2.62. The van der Waals surface area contributed by atoms with Crippen molar-refractivity contribution in [3.63, 3.8) is 0 Å². The van der Waals surface area contributed by atoms with E-state index in [4.69, 9.17) is 19.7 Å². The molecule has 1 aromatic heterocycles. The van der Waals surface area contributed by atoms with E-state index in [-0.39, 0.29) is 0 Å². The molecule has 0 fully saturated rings. The zero-order valence-corrected chi connectivity index (χ0v) is 32.5. The Kier molecular flexibility index (Phi) is 7.72. The van der Waals surface area contributed by atoms with Gasteiger partial charge in [0.2, 0.25) is 0 Å². The molecule has 0 radical (unpaired) electrons. The number of nitrogens with zero attached hydrogens (tertiary/aromatic N) is 3. The summed E-state index contributed by atoms with van der Waals surface area (Å²) >= 11 is 0. The summed E-state index contributed by atoms with van der Waals surface area (Å²) in [6, 6.07) is 75.1. The van der Waals surface area contributed by atoms with Gasteiger partial charge in [0, 0.05) is 27.8 Å². The maximum Gasteiger partial charge on any atom is 0.164 e. The standard InChI is InChI=1S/C56H35N3O/c1-3-13-36(14-4-1)37-23-25-39(26-24-37)54-57-53(38-15-5-2-6-16-38)58-55(59-54)44-30-29-40-33-41(27-28-42(40)34-44)43-31-32-46-45-17-7-8-18-47(45)56(50(46)35-43)48-19-9-11-21-51(48)60-52-22-12-10-20-49(52)56/h1-35H. The summed E-state index contributed by atoms with van der Waals surface area (Å²) in [5.41, 5.74) is 14.4. The van der Waals surface area contributed by atoms with Crippen LogP contribution in [-0.4, -0.2) is 15.0 Å². The van der Waals surface area contributed by atoms with E-state index in [2.05, 4.69) is 176 Å². The summed E-state index contributed by atoms with van der Waals surface area (Å²) in [4.78, 5) is 15.1. The highest BCUT2D eigenvalue weighted by Gasteiger charge is 2.51. The quantitative estimate of drug-likeness (QED) is 0.175. The highest BCUT2D eigenvalue weighted by molar-refractivity contribution is 5.93. The molecule has 60 heavy (non-hydrogen) atoms. The first kappa shape index (κ1) is 34.1. The van der Waals surface area contributed by atoms with Crippen molar-refractivity contribution in [3.05, 3.63) is 235 Å². The van der Waals surface area contributed by atoms with Gasteiger partial charge in [0.05, 0.1) is 5.41 Å². The second kappa shape index (κ2) is 13.6. The molecule has 1 aliphatic heterocycles. The molecule has 0 atom stereocenters. The Hall–Kier alpha value is -7.95. The third-order valence-electron chi connectivity index (χ3n) is 12.2. The van der Waals surface area contributed by atoms with Gasteiger partial charge >= 0.3 is 0 Å². The smallest absolute Gasteiger partial charge is 0.164 e. The maximum absolute atomic E-state index is 6.56. The van der Waals surface area contributed by atoms with Gasteiger partial charge in [-0.15, -0.1) is 0 Å². The first-order valence-corrected chi connectivity index (χ1v) is 20.3. The van der Waals surface area contributed by atoms with Crippen LogP contribution < -0.4 is 4.74 Å². The number of hydrogen-bond acceptors (Lipinski definition) is 4. The van der Waals surface area contributed by atoms with Crippen LogP contribution in [0.4, 0.5) is 0 Å². The number of benzene rings is 9. The van der Waals surface area contributed by atoms with Gasteiger partial charge in [-0.2, -0.15) is 0 Å². The van der Waals surface area contributed by atoms with Crippen LogP contribution in [0.5, 0.6) is 11.5 Å². The van der Waals surface area contributed by atoms with E-state index < -0.39 is 5.41 Å². The molecule has 0 saturated heterocycles. The molecule has 4 nitrogen and oxygen atoms in total. The predicted molar refractivity (Wildman–Crippen MR) is 242 cm³/mol. The lowest BCUT2D eigenvalue weighted by molar-refractivity contribution is 0.436. The first-order chi connectivity index (χ1) is 29.7. The first-order valence-electron chi connectivity index (χ1n) is 20.3. The van der Waals surface area contributed by atoms with Crippen LogP contribution in [0.3, 0.4) is 0 Å². The van der Waals surface area contributed by atoms with E-state index in [1.165, 1.54) is 44.5 Å². The lowest BCUT2D eigenvalue weighted by Gasteiger charge is -2.39. The Labute approximate surface area is 348 Å².